The molecule has 8 nitrogen and oxygen atoms in total. The highest BCUT2D eigenvalue weighted by molar-refractivity contribution is 6.35. The fourth-order valence-corrected chi connectivity index (χ4v) is 5.06. The number of esters is 1. The number of methoxy groups -OCH3 is 1. The average Bonchev–Trinajstić information content (AvgIpc) is 3.01. The fraction of sp³-hybridized carbons (Fsp3) is 0.152. The number of carbonyl (C=O) groups excluding carboxylic acids is 1. The Bertz CT molecular complexity index is 1810. The van der Waals surface area contributed by atoms with E-state index in [4.69, 9.17) is 52.6 Å². The van der Waals surface area contributed by atoms with Gasteiger partial charge in [0.15, 0.2) is 29.2 Å². The number of hydrogen-bond donors (Lipinski definition) is 1. The largest absolute Gasteiger partial charge is 0.493 e. The van der Waals surface area contributed by atoms with Gasteiger partial charge >= 0.3 is 5.97 Å². The van der Waals surface area contributed by atoms with Gasteiger partial charge in [0, 0.05) is 27.2 Å². The highest BCUT2D eigenvalue weighted by Gasteiger charge is 2.32. The van der Waals surface area contributed by atoms with E-state index >= 15 is 0 Å². The van der Waals surface area contributed by atoms with Crippen molar-refractivity contribution in [1.82, 2.24) is 0 Å². The SMILES string of the molecule is COc1cc(C2C(C#N)=C(N)Oc3cc(OC(=O)C(C)Oc4ccccc4F)ccc32)ccc1OCc1ccc(Cl)cc1Cl. The molecule has 0 saturated carbocycles. The van der Waals surface area contributed by atoms with Crippen molar-refractivity contribution in [3.8, 4) is 34.8 Å². The second-order valence-corrected chi connectivity index (χ2v) is 10.5. The Balaban J connectivity index is 1.38. The molecule has 1 heterocycles. The topological polar surface area (TPSA) is 113 Å². The number of halogens is 3. The number of hydrogen-bond acceptors (Lipinski definition) is 8. The third-order valence-corrected chi connectivity index (χ3v) is 7.39. The molecule has 11 heteroatoms. The first-order valence-corrected chi connectivity index (χ1v) is 14.0. The lowest BCUT2D eigenvalue weighted by Crippen LogP contribution is -2.29. The lowest BCUT2D eigenvalue weighted by Gasteiger charge is -2.27. The predicted molar refractivity (Wildman–Crippen MR) is 162 cm³/mol. The summed E-state index contributed by atoms with van der Waals surface area (Å²) in [4.78, 5) is 12.7. The van der Waals surface area contributed by atoms with E-state index in [9.17, 15) is 14.4 Å². The van der Waals surface area contributed by atoms with E-state index in [1.165, 1.54) is 38.3 Å². The van der Waals surface area contributed by atoms with Crippen LogP contribution in [0.1, 0.15) is 29.5 Å². The Morgan fingerprint density at radius 2 is 1.84 bits per heavy atom. The maximum atomic E-state index is 14.0. The molecule has 2 atom stereocenters. The first kappa shape index (κ1) is 30.5. The number of para-hydroxylation sites is 1. The van der Waals surface area contributed by atoms with Crippen LogP contribution in [0.2, 0.25) is 10.0 Å². The molecule has 2 N–H and O–H groups in total. The number of fused-ring (bicyclic) bond motifs is 1. The molecule has 1 aliphatic heterocycles. The Labute approximate surface area is 262 Å². The summed E-state index contributed by atoms with van der Waals surface area (Å²) in [5.74, 6) is -0.823. The van der Waals surface area contributed by atoms with Crippen molar-refractivity contribution >= 4 is 29.2 Å². The van der Waals surface area contributed by atoms with Crippen molar-refractivity contribution < 1.29 is 32.9 Å². The van der Waals surface area contributed by atoms with Gasteiger partial charge < -0.3 is 29.4 Å². The minimum Gasteiger partial charge on any atom is -0.493 e. The van der Waals surface area contributed by atoms with Crippen molar-refractivity contribution in [3.63, 3.8) is 0 Å². The van der Waals surface area contributed by atoms with Gasteiger partial charge in [-0.1, -0.05) is 53.5 Å². The molecule has 2 unspecified atom stereocenters. The maximum absolute atomic E-state index is 14.0. The van der Waals surface area contributed by atoms with E-state index in [1.54, 1.807) is 54.6 Å². The number of nitriles is 1. The van der Waals surface area contributed by atoms with E-state index in [2.05, 4.69) is 6.07 Å². The summed E-state index contributed by atoms with van der Waals surface area (Å²) in [7, 11) is 1.51. The fourth-order valence-electron chi connectivity index (χ4n) is 4.60. The lowest BCUT2D eigenvalue weighted by atomic mass is 9.83. The molecular formula is C33H25Cl2FN2O6. The van der Waals surface area contributed by atoms with Gasteiger partial charge in [-0.15, -0.1) is 0 Å². The van der Waals surface area contributed by atoms with E-state index < -0.39 is 23.8 Å². The average molecular weight is 635 g/mol. The Hall–Kier alpha value is -4.91. The van der Waals surface area contributed by atoms with E-state index in [0.29, 0.717) is 32.7 Å². The number of carbonyl (C=O) groups is 1. The van der Waals surface area contributed by atoms with Gasteiger partial charge in [-0.2, -0.15) is 5.26 Å². The summed E-state index contributed by atoms with van der Waals surface area (Å²) in [5.41, 5.74) is 8.38. The number of allylic oxidation sites excluding steroid dienone is 1. The molecule has 0 amide bonds. The molecule has 44 heavy (non-hydrogen) atoms. The molecule has 5 rings (SSSR count). The van der Waals surface area contributed by atoms with Crippen LogP contribution in [0.5, 0.6) is 28.7 Å². The van der Waals surface area contributed by atoms with Crippen LogP contribution in [0.25, 0.3) is 0 Å². The zero-order chi connectivity index (χ0) is 31.4. The molecule has 224 valence electrons. The molecular weight excluding hydrogens is 610 g/mol. The minimum absolute atomic E-state index is 0.0730. The van der Waals surface area contributed by atoms with Crippen LogP contribution in [-0.4, -0.2) is 19.2 Å². The van der Waals surface area contributed by atoms with Gasteiger partial charge in [0.05, 0.1) is 13.0 Å². The van der Waals surface area contributed by atoms with Crippen LogP contribution in [-0.2, 0) is 11.4 Å². The number of nitrogens with zero attached hydrogens (tertiary/aromatic N) is 1. The molecule has 0 fully saturated rings. The van der Waals surface area contributed by atoms with Crippen molar-refractivity contribution in [3.05, 3.63) is 123 Å². The highest BCUT2D eigenvalue weighted by atomic mass is 35.5. The molecule has 0 spiro atoms. The maximum Gasteiger partial charge on any atom is 0.352 e. The summed E-state index contributed by atoms with van der Waals surface area (Å²) in [6, 6.07) is 23.0. The van der Waals surface area contributed by atoms with Crippen LogP contribution in [0.4, 0.5) is 4.39 Å². The minimum atomic E-state index is -1.10. The van der Waals surface area contributed by atoms with E-state index in [0.717, 1.165) is 5.56 Å². The number of ether oxygens (including phenoxy) is 5. The van der Waals surface area contributed by atoms with Gasteiger partial charge in [0.25, 0.3) is 0 Å². The van der Waals surface area contributed by atoms with Crippen LogP contribution in [0.3, 0.4) is 0 Å². The third-order valence-electron chi connectivity index (χ3n) is 6.80. The molecule has 0 aromatic heterocycles. The van der Waals surface area contributed by atoms with Gasteiger partial charge in [-0.25, -0.2) is 9.18 Å². The van der Waals surface area contributed by atoms with Gasteiger partial charge in [0.2, 0.25) is 5.88 Å². The summed E-state index contributed by atoms with van der Waals surface area (Å²) in [5, 5.41) is 11.0. The standard InChI is InChI=1S/C33H25Cl2FN2O6/c1-18(42-27-6-4-3-5-26(27)36)33(39)43-22-10-11-23-29(15-22)44-32(38)24(16-37)31(23)19-8-12-28(30(13-19)40-2)41-17-20-7-9-21(34)14-25(20)35/h3-15,18,31H,17,38H2,1-2H3. The van der Waals surface area contributed by atoms with Crippen molar-refractivity contribution in [1.29, 1.82) is 5.26 Å². The first-order valence-electron chi connectivity index (χ1n) is 13.3. The highest BCUT2D eigenvalue weighted by Crippen LogP contribution is 2.45. The smallest absolute Gasteiger partial charge is 0.352 e. The summed E-state index contributed by atoms with van der Waals surface area (Å²) < 4.78 is 42.2. The van der Waals surface area contributed by atoms with E-state index in [1.807, 2.05) is 0 Å². The summed E-state index contributed by atoms with van der Waals surface area (Å²) >= 11 is 12.3. The summed E-state index contributed by atoms with van der Waals surface area (Å²) in [6.07, 6.45) is -1.10. The monoisotopic (exact) mass is 634 g/mol. The predicted octanol–water partition coefficient (Wildman–Crippen LogP) is 7.31. The van der Waals surface area contributed by atoms with Crippen LogP contribution >= 0.6 is 23.2 Å². The molecule has 0 saturated heterocycles. The van der Waals surface area contributed by atoms with Gasteiger partial charge in [-0.05, 0) is 55.0 Å². The Kier molecular flexibility index (Phi) is 9.14. The Morgan fingerprint density at radius 3 is 2.57 bits per heavy atom. The van der Waals surface area contributed by atoms with Crippen molar-refractivity contribution in [2.45, 2.75) is 25.6 Å². The molecule has 4 aromatic rings. The summed E-state index contributed by atoms with van der Waals surface area (Å²) in [6.45, 7) is 1.62. The normalized spacial score (nSPS) is 14.5. The number of rotatable bonds is 9. The zero-order valence-corrected chi connectivity index (χ0v) is 25.0. The van der Waals surface area contributed by atoms with Crippen molar-refractivity contribution in [2.75, 3.05) is 7.11 Å². The van der Waals surface area contributed by atoms with Gasteiger partial charge in [-0.3, -0.25) is 0 Å². The number of benzene rings is 4. The third kappa shape index (κ3) is 6.52. The molecule has 4 aromatic carbocycles. The van der Waals surface area contributed by atoms with Crippen LogP contribution < -0.4 is 29.4 Å². The second kappa shape index (κ2) is 13.2. The van der Waals surface area contributed by atoms with Gasteiger partial charge in [0.1, 0.15) is 29.7 Å². The van der Waals surface area contributed by atoms with E-state index in [-0.39, 0.29) is 35.3 Å². The first-order chi connectivity index (χ1) is 21.2. The molecule has 0 aliphatic carbocycles. The second-order valence-electron chi connectivity index (χ2n) is 9.67. The Morgan fingerprint density at radius 1 is 1.05 bits per heavy atom. The van der Waals surface area contributed by atoms with Crippen LogP contribution in [0, 0.1) is 17.1 Å². The van der Waals surface area contributed by atoms with Crippen LogP contribution in [0.15, 0.2) is 90.3 Å². The molecule has 0 radical (unpaired) electrons. The molecule has 1 aliphatic rings. The quantitative estimate of drug-likeness (QED) is 0.151. The zero-order valence-electron chi connectivity index (χ0n) is 23.5. The molecule has 0 bridgehead atoms. The number of nitrogens with two attached hydrogens (primary N) is 1. The lowest BCUT2D eigenvalue weighted by molar-refractivity contribution is -0.141. The van der Waals surface area contributed by atoms with Crippen molar-refractivity contribution in [2.24, 2.45) is 5.73 Å².